The van der Waals surface area contributed by atoms with Crippen LogP contribution in [0.15, 0.2) is 18.2 Å². The topological polar surface area (TPSA) is 70.8 Å². The number of benzene rings is 1. The number of hydrogen-bond acceptors (Lipinski definition) is 5. The largest absolute Gasteiger partial charge is 0.481 e. The molecule has 1 aromatic rings. The number of ether oxygens (including phenoxy) is 3. The third kappa shape index (κ3) is 1.79. The molecule has 2 heterocycles. The van der Waals surface area contributed by atoms with Crippen LogP contribution in [0.2, 0.25) is 0 Å². The summed E-state index contributed by atoms with van der Waals surface area (Å²) < 4.78 is 17.3. The molecule has 2 aliphatic heterocycles. The number of rotatable bonds is 2. The molecule has 3 rings (SSSR count). The van der Waals surface area contributed by atoms with Crippen molar-refractivity contribution in [2.24, 2.45) is 0 Å². The number of nitro groups is 1. The number of hydrogen-bond donors (Lipinski definition) is 0. The van der Waals surface area contributed by atoms with Gasteiger partial charge in [-0.15, -0.1) is 0 Å². The fourth-order valence-electron chi connectivity index (χ4n) is 2.63. The van der Waals surface area contributed by atoms with Gasteiger partial charge in [-0.2, -0.15) is 0 Å². The summed E-state index contributed by atoms with van der Waals surface area (Å²) in [4.78, 5) is 10.4. The summed E-state index contributed by atoms with van der Waals surface area (Å²) in [5.74, 6) is -0.158. The van der Waals surface area contributed by atoms with E-state index < -0.39 is 16.3 Å². The molecule has 102 valence electrons. The van der Waals surface area contributed by atoms with E-state index in [1.807, 2.05) is 13.8 Å². The van der Waals surface area contributed by atoms with Crippen molar-refractivity contribution < 1.29 is 19.1 Å². The predicted molar refractivity (Wildman–Crippen MR) is 66.1 cm³/mol. The monoisotopic (exact) mass is 265 g/mol. The van der Waals surface area contributed by atoms with Crippen LogP contribution in [-0.4, -0.2) is 29.5 Å². The summed E-state index contributed by atoms with van der Waals surface area (Å²) in [6.07, 6.45) is 0.528. The normalized spacial score (nSPS) is 27.9. The van der Waals surface area contributed by atoms with Crippen LogP contribution in [0.3, 0.4) is 0 Å². The standard InChI is InChI=1S/C13H15NO5/c1-12(13(2)17-5-6-18-13)8-9-7-10(14(15)16)3-4-11(9)19-12/h3-4,7H,5-6,8H2,1-2H3. The molecule has 6 heteroatoms. The van der Waals surface area contributed by atoms with Crippen LogP contribution in [0, 0.1) is 10.1 Å². The van der Waals surface area contributed by atoms with Gasteiger partial charge in [0, 0.05) is 24.1 Å². The number of nitrogens with zero attached hydrogens (tertiary/aromatic N) is 1. The van der Waals surface area contributed by atoms with E-state index in [0.717, 1.165) is 5.56 Å². The molecule has 1 fully saturated rings. The minimum absolute atomic E-state index is 0.0741. The van der Waals surface area contributed by atoms with Gasteiger partial charge in [-0.05, 0) is 19.9 Å². The van der Waals surface area contributed by atoms with Crippen LogP contribution in [0.1, 0.15) is 19.4 Å². The summed E-state index contributed by atoms with van der Waals surface area (Å²) in [5.41, 5.74) is 0.225. The summed E-state index contributed by atoms with van der Waals surface area (Å²) in [5, 5.41) is 10.8. The molecular formula is C13H15NO5. The summed E-state index contributed by atoms with van der Waals surface area (Å²) >= 11 is 0. The fraction of sp³-hybridized carbons (Fsp3) is 0.538. The van der Waals surface area contributed by atoms with Crippen LogP contribution in [0.5, 0.6) is 5.75 Å². The Morgan fingerprint density at radius 3 is 2.58 bits per heavy atom. The lowest BCUT2D eigenvalue weighted by atomic mass is 9.91. The molecule has 6 nitrogen and oxygen atoms in total. The SMILES string of the molecule is CC1(C2(C)OCCO2)Cc2cc([N+](=O)[O-])ccc2O1. The third-order valence-corrected chi connectivity index (χ3v) is 3.92. The first-order valence-corrected chi connectivity index (χ1v) is 6.18. The molecule has 0 N–H and O–H groups in total. The van der Waals surface area contributed by atoms with Gasteiger partial charge in [0.2, 0.25) is 5.79 Å². The van der Waals surface area contributed by atoms with Gasteiger partial charge in [-0.1, -0.05) is 0 Å². The first-order chi connectivity index (χ1) is 8.94. The van der Waals surface area contributed by atoms with E-state index in [-0.39, 0.29) is 5.69 Å². The second kappa shape index (κ2) is 3.91. The molecule has 2 aliphatic rings. The van der Waals surface area contributed by atoms with E-state index in [2.05, 4.69) is 0 Å². The zero-order chi connectivity index (χ0) is 13.7. The highest BCUT2D eigenvalue weighted by Gasteiger charge is 2.54. The Labute approximate surface area is 110 Å². The van der Waals surface area contributed by atoms with Crippen molar-refractivity contribution in [3.63, 3.8) is 0 Å². The maximum atomic E-state index is 10.8. The van der Waals surface area contributed by atoms with Gasteiger partial charge in [-0.25, -0.2) is 0 Å². The lowest BCUT2D eigenvalue weighted by molar-refractivity contribution is -0.384. The Morgan fingerprint density at radius 2 is 1.95 bits per heavy atom. The van der Waals surface area contributed by atoms with Crippen molar-refractivity contribution in [2.45, 2.75) is 31.7 Å². The second-order valence-electron chi connectivity index (χ2n) is 5.20. The zero-order valence-corrected chi connectivity index (χ0v) is 10.8. The Kier molecular flexibility index (Phi) is 2.55. The molecule has 0 radical (unpaired) electrons. The second-order valence-corrected chi connectivity index (χ2v) is 5.20. The lowest BCUT2D eigenvalue weighted by Crippen LogP contribution is -2.54. The van der Waals surface area contributed by atoms with Gasteiger partial charge < -0.3 is 14.2 Å². The van der Waals surface area contributed by atoms with Crippen molar-refractivity contribution in [3.05, 3.63) is 33.9 Å². The first kappa shape index (κ1) is 12.4. The zero-order valence-electron chi connectivity index (χ0n) is 10.8. The molecule has 1 unspecified atom stereocenters. The Morgan fingerprint density at radius 1 is 1.26 bits per heavy atom. The highest BCUT2D eigenvalue weighted by molar-refractivity contribution is 5.47. The van der Waals surface area contributed by atoms with Crippen molar-refractivity contribution in [1.82, 2.24) is 0 Å². The molecule has 0 aliphatic carbocycles. The summed E-state index contributed by atoms with van der Waals surface area (Å²) in [6, 6.07) is 4.64. The molecule has 0 amide bonds. The molecule has 1 saturated heterocycles. The van der Waals surface area contributed by atoms with Crippen LogP contribution in [0.4, 0.5) is 5.69 Å². The summed E-state index contributed by atoms with van der Waals surface area (Å²) in [6.45, 7) is 4.82. The average molecular weight is 265 g/mol. The van der Waals surface area contributed by atoms with Crippen molar-refractivity contribution >= 4 is 5.69 Å². The average Bonchev–Trinajstić information content (AvgIpc) is 2.93. The van der Waals surface area contributed by atoms with E-state index in [1.165, 1.54) is 6.07 Å². The molecule has 19 heavy (non-hydrogen) atoms. The maximum Gasteiger partial charge on any atom is 0.269 e. The molecule has 1 atom stereocenters. The Balaban J connectivity index is 1.93. The van der Waals surface area contributed by atoms with E-state index in [9.17, 15) is 10.1 Å². The van der Waals surface area contributed by atoms with Crippen LogP contribution in [0.25, 0.3) is 0 Å². The van der Waals surface area contributed by atoms with Crippen LogP contribution in [-0.2, 0) is 15.9 Å². The molecule has 0 spiro atoms. The van der Waals surface area contributed by atoms with Crippen molar-refractivity contribution in [1.29, 1.82) is 0 Å². The highest BCUT2D eigenvalue weighted by atomic mass is 16.8. The fourth-order valence-corrected chi connectivity index (χ4v) is 2.63. The van der Waals surface area contributed by atoms with Gasteiger partial charge in [0.1, 0.15) is 5.75 Å². The maximum absolute atomic E-state index is 10.8. The highest BCUT2D eigenvalue weighted by Crippen LogP contribution is 2.45. The summed E-state index contributed by atoms with van der Waals surface area (Å²) in [7, 11) is 0. The van der Waals surface area contributed by atoms with E-state index in [4.69, 9.17) is 14.2 Å². The van der Waals surface area contributed by atoms with E-state index in [1.54, 1.807) is 12.1 Å². The van der Waals surface area contributed by atoms with Crippen LogP contribution >= 0.6 is 0 Å². The number of fused-ring (bicyclic) bond motifs is 1. The molecule has 0 aromatic heterocycles. The minimum Gasteiger partial charge on any atom is -0.481 e. The first-order valence-electron chi connectivity index (χ1n) is 6.18. The van der Waals surface area contributed by atoms with E-state index in [0.29, 0.717) is 25.4 Å². The Hall–Kier alpha value is -1.66. The predicted octanol–water partition coefficient (Wildman–Crippen LogP) is 2.05. The van der Waals surface area contributed by atoms with Crippen molar-refractivity contribution in [2.75, 3.05) is 13.2 Å². The van der Waals surface area contributed by atoms with Gasteiger partial charge >= 0.3 is 0 Å². The van der Waals surface area contributed by atoms with E-state index >= 15 is 0 Å². The van der Waals surface area contributed by atoms with Gasteiger partial charge in [0.05, 0.1) is 18.1 Å². The Bertz CT molecular complexity index is 538. The number of nitro benzene ring substituents is 1. The lowest BCUT2D eigenvalue weighted by Gasteiger charge is -2.38. The minimum atomic E-state index is -0.819. The molecule has 1 aromatic carbocycles. The van der Waals surface area contributed by atoms with Gasteiger partial charge in [-0.3, -0.25) is 10.1 Å². The van der Waals surface area contributed by atoms with Gasteiger partial charge in [0.15, 0.2) is 5.60 Å². The molecule has 0 saturated carbocycles. The third-order valence-electron chi connectivity index (χ3n) is 3.92. The van der Waals surface area contributed by atoms with Gasteiger partial charge in [0.25, 0.3) is 5.69 Å². The molecular weight excluding hydrogens is 250 g/mol. The number of non-ortho nitro benzene ring substituents is 1. The van der Waals surface area contributed by atoms with Crippen LogP contribution < -0.4 is 4.74 Å². The smallest absolute Gasteiger partial charge is 0.269 e. The molecule has 0 bridgehead atoms. The quantitative estimate of drug-likeness (QED) is 0.604. The van der Waals surface area contributed by atoms with Crippen molar-refractivity contribution in [3.8, 4) is 5.75 Å².